The van der Waals surface area contributed by atoms with Gasteiger partial charge in [-0.25, -0.2) is 4.79 Å². The second-order valence-electron chi connectivity index (χ2n) is 4.43. The van der Waals surface area contributed by atoms with Gasteiger partial charge in [0.2, 0.25) is 5.91 Å². The first kappa shape index (κ1) is 14.7. The lowest BCUT2D eigenvalue weighted by atomic mass is 10.2. The minimum absolute atomic E-state index is 0.0963. The monoisotopic (exact) mass is 231 g/mol. The van der Waals surface area contributed by atoms with Crippen LogP contribution in [0.5, 0.6) is 0 Å². The summed E-state index contributed by atoms with van der Waals surface area (Å²) >= 11 is 0. The first-order valence-corrected chi connectivity index (χ1v) is 5.18. The van der Waals surface area contributed by atoms with E-state index in [4.69, 9.17) is 4.74 Å². The zero-order chi connectivity index (χ0) is 12.8. The Kier molecular flexibility index (Phi) is 5.81. The van der Waals surface area contributed by atoms with E-state index in [1.165, 1.54) is 0 Å². The average Bonchev–Trinajstić information content (AvgIpc) is 2.12. The van der Waals surface area contributed by atoms with Gasteiger partial charge < -0.3 is 20.7 Å². The lowest BCUT2D eigenvalue weighted by Crippen LogP contribution is -2.46. The third-order valence-electron chi connectivity index (χ3n) is 1.60. The highest BCUT2D eigenvalue weighted by atomic mass is 16.6. The van der Waals surface area contributed by atoms with E-state index in [1.54, 1.807) is 34.7 Å². The predicted octanol–water partition coefficient (Wildman–Crippen LogP) is 0.193. The van der Waals surface area contributed by atoms with Gasteiger partial charge in [0, 0.05) is 0 Å². The zero-order valence-corrected chi connectivity index (χ0v) is 10.5. The number of hydrogen-bond acceptors (Lipinski definition) is 4. The molecular weight excluding hydrogens is 210 g/mol. The molecule has 0 aliphatic heterocycles. The zero-order valence-electron chi connectivity index (χ0n) is 10.5. The van der Waals surface area contributed by atoms with Crippen molar-refractivity contribution in [1.29, 1.82) is 0 Å². The SMILES string of the molecule is CNC(C)NC(=O)CNC(=O)OC(C)(C)C. The minimum Gasteiger partial charge on any atom is -0.444 e. The molecule has 0 aromatic carbocycles. The summed E-state index contributed by atoms with van der Waals surface area (Å²) in [6, 6.07) is 0. The number of carbonyl (C=O) groups is 2. The van der Waals surface area contributed by atoms with E-state index in [0.717, 1.165) is 0 Å². The van der Waals surface area contributed by atoms with Gasteiger partial charge >= 0.3 is 6.09 Å². The maximum atomic E-state index is 11.3. The Morgan fingerprint density at radius 3 is 2.31 bits per heavy atom. The van der Waals surface area contributed by atoms with Crippen molar-refractivity contribution in [2.45, 2.75) is 39.5 Å². The highest BCUT2D eigenvalue weighted by molar-refractivity contribution is 5.82. The highest BCUT2D eigenvalue weighted by Gasteiger charge is 2.16. The first-order valence-electron chi connectivity index (χ1n) is 5.18. The van der Waals surface area contributed by atoms with Crippen LogP contribution in [0.4, 0.5) is 4.79 Å². The van der Waals surface area contributed by atoms with E-state index in [1.807, 2.05) is 0 Å². The molecule has 0 radical (unpaired) electrons. The molecule has 16 heavy (non-hydrogen) atoms. The van der Waals surface area contributed by atoms with Crippen molar-refractivity contribution >= 4 is 12.0 Å². The van der Waals surface area contributed by atoms with Gasteiger partial charge in [0.25, 0.3) is 0 Å². The van der Waals surface area contributed by atoms with E-state index < -0.39 is 11.7 Å². The molecule has 6 heteroatoms. The van der Waals surface area contributed by atoms with Crippen LogP contribution in [-0.2, 0) is 9.53 Å². The van der Waals surface area contributed by atoms with Crippen LogP contribution in [0, 0.1) is 0 Å². The second-order valence-corrected chi connectivity index (χ2v) is 4.43. The Labute approximate surface area is 96.1 Å². The van der Waals surface area contributed by atoms with Crippen molar-refractivity contribution in [3.63, 3.8) is 0 Å². The molecule has 0 rings (SSSR count). The molecule has 1 atom stereocenters. The number of nitrogens with one attached hydrogen (secondary N) is 3. The van der Waals surface area contributed by atoms with Gasteiger partial charge in [-0.05, 0) is 34.7 Å². The molecule has 6 nitrogen and oxygen atoms in total. The van der Waals surface area contributed by atoms with Gasteiger partial charge in [-0.15, -0.1) is 0 Å². The van der Waals surface area contributed by atoms with Gasteiger partial charge in [-0.3, -0.25) is 4.79 Å². The molecule has 0 fully saturated rings. The summed E-state index contributed by atoms with van der Waals surface area (Å²) in [6.07, 6.45) is -0.729. The van der Waals surface area contributed by atoms with Crippen molar-refractivity contribution in [2.24, 2.45) is 0 Å². The third kappa shape index (κ3) is 8.05. The minimum atomic E-state index is -0.597. The van der Waals surface area contributed by atoms with Gasteiger partial charge in [0.15, 0.2) is 0 Å². The quantitative estimate of drug-likeness (QED) is 0.604. The second kappa shape index (κ2) is 6.32. The Morgan fingerprint density at radius 2 is 1.88 bits per heavy atom. The van der Waals surface area contributed by atoms with E-state index in [9.17, 15) is 9.59 Å². The van der Waals surface area contributed by atoms with Crippen molar-refractivity contribution in [2.75, 3.05) is 13.6 Å². The molecule has 0 aliphatic carbocycles. The highest BCUT2D eigenvalue weighted by Crippen LogP contribution is 2.05. The molecule has 0 aromatic rings. The van der Waals surface area contributed by atoms with Crippen LogP contribution < -0.4 is 16.0 Å². The predicted molar refractivity (Wildman–Crippen MR) is 60.9 cm³/mol. The molecule has 0 spiro atoms. The maximum absolute atomic E-state index is 11.3. The van der Waals surface area contributed by atoms with Crippen LogP contribution in [-0.4, -0.2) is 37.4 Å². The van der Waals surface area contributed by atoms with Crippen molar-refractivity contribution < 1.29 is 14.3 Å². The Balaban J connectivity index is 3.80. The van der Waals surface area contributed by atoms with E-state index in [0.29, 0.717) is 0 Å². The Bertz CT molecular complexity index is 248. The van der Waals surface area contributed by atoms with Crippen LogP contribution in [0.2, 0.25) is 0 Å². The fraction of sp³-hybridized carbons (Fsp3) is 0.800. The number of hydrogen-bond donors (Lipinski definition) is 3. The van der Waals surface area contributed by atoms with Crippen LogP contribution in [0.15, 0.2) is 0 Å². The van der Waals surface area contributed by atoms with Crippen molar-refractivity contribution in [1.82, 2.24) is 16.0 Å². The van der Waals surface area contributed by atoms with Gasteiger partial charge in [0.05, 0.1) is 6.17 Å². The molecule has 3 N–H and O–H groups in total. The molecular formula is C10H21N3O3. The number of ether oxygens (including phenoxy) is 1. The molecule has 94 valence electrons. The first-order chi connectivity index (χ1) is 7.24. The average molecular weight is 231 g/mol. The van der Waals surface area contributed by atoms with Crippen LogP contribution in [0.3, 0.4) is 0 Å². The molecule has 0 saturated carbocycles. The molecule has 0 aromatic heterocycles. The topological polar surface area (TPSA) is 79.5 Å². The summed E-state index contributed by atoms with van der Waals surface area (Å²) in [4.78, 5) is 22.5. The number of carbonyl (C=O) groups excluding carboxylic acids is 2. The molecule has 0 aliphatic rings. The Hall–Kier alpha value is -1.30. The number of amides is 2. The summed E-state index contributed by atoms with van der Waals surface area (Å²) in [5.74, 6) is -0.271. The number of rotatable bonds is 4. The molecule has 1 unspecified atom stereocenters. The Morgan fingerprint density at radius 1 is 1.31 bits per heavy atom. The van der Waals surface area contributed by atoms with Crippen molar-refractivity contribution in [3.05, 3.63) is 0 Å². The molecule has 2 amide bonds. The van der Waals surface area contributed by atoms with Crippen LogP contribution >= 0.6 is 0 Å². The normalized spacial score (nSPS) is 12.8. The summed E-state index contributed by atoms with van der Waals surface area (Å²) in [6.45, 7) is 6.98. The van der Waals surface area contributed by atoms with Crippen LogP contribution in [0.1, 0.15) is 27.7 Å². The fourth-order valence-corrected chi connectivity index (χ4v) is 0.831. The van der Waals surface area contributed by atoms with Crippen molar-refractivity contribution in [3.8, 4) is 0 Å². The van der Waals surface area contributed by atoms with Crippen LogP contribution in [0.25, 0.3) is 0 Å². The van der Waals surface area contributed by atoms with Gasteiger partial charge in [-0.1, -0.05) is 0 Å². The van der Waals surface area contributed by atoms with E-state index in [-0.39, 0.29) is 18.6 Å². The number of alkyl carbamates (subject to hydrolysis) is 1. The smallest absolute Gasteiger partial charge is 0.408 e. The summed E-state index contributed by atoms with van der Waals surface area (Å²) in [5, 5.41) is 7.84. The maximum Gasteiger partial charge on any atom is 0.408 e. The fourth-order valence-electron chi connectivity index (χ4n) is 0.831. The van der Waals surface area contributed by atoms with E-state index in [2.05, 4.69) is 16.0 Å². The van der Waals surface area contributed by atoms with Gasteiger partial charge in [-0.2, -0.15) is 0 Å². The van der Waals surface area contributed by atoms with Gasteiger partial charge in [0.1, 0.15) is 12.1 Å². The summed E-state index contributed by atoms with van der Waals surface area (Å²) < 4.78 is 4.97. The summed E-state index contributed by atoms with van der Waals surface area (Å²) in [7, 11) is 1.73. The molecule has 0 bridgehead atoms. The third-order valence-corrected chi connectivity index (χ3v) is 1.60. The summed E-state index contributed by atoms with van der Waals surface area (Å²) in [5.41, 5.74) is -0.557. The lowest BCUT2D eigenvalue weighted by molar-refractivity contribution is -0.121. The lowest BCUT2D eigenvalue weighted by Gasteiger charge is -2.20. The molecule has 0 saturated heterocycles. The molecule has 0 heterocycles. The largest absolute Gasteiger partial charge is 0.444 e. The standard InChI is InChI=1S/C10H21N3O3/c1-7(11-5)13-8(14)6-12-9(15)16-10(2,3)4/h7,11H,6H2,1-5H3,(H,12,15)(H,13,14). The van der Waals surface area contributed by atoms with E-state index >= 15 is 0 Å².